The molecule has 0 saturated carbocycles. The molecular formula is C13H27N3. The normalized spacial score (nSPS) is 11.5. The van der Waals surface area contributed by atoms with Crippen LogP contribution in [0.1, 0.15) is 58.8 Å². The van der Waals surface area contributed by atoms with Crippen molar-refractivity contribution >= 4 is 6.72 Å². The highest BCUT2D eigenvalue weighted by atomic mass is 15.4. The summed E-state index contributed by atoms with van der Waals surface area (Å²) in [4.78, 5) is 0. The lowest BCUT2D eigenvalue weighted by Gasteiger charge is -2.20. The zero-order valence-electron chi connectivity index (χ0n) is 10.9. The molecule has 94 valence electrons. The van der Waals surface area contributed by atoms with E-state index in [1.807, 2.05) is 5.01 Å². The summed E-state index contributed by atoms with van der Waals surface area (Å²) in [5, 5.41) is 5.92. The highest BCUT2D eigenvalue weighted by molar-refractivity contribution is 5.23. The van der Waals surface area contributed by atoms with Crippen LogP contribution in [0.3, 0.4) is 0 Å². The molecule has 0 aromatic carbocycles. The van der Waals surface area contributed by atoms with Gasteiger partial charge in [0, 0.05) is 19.5 Å². The summed E-state index contributed by atoms with van der Waals surface area (Å²) in [7, 11) is 0. The van der Waals surface area contributed by atoms with Crippen LogP contribution in [0.5, 0.6) is 0 Å². The second-order valence-corrected chi connectivity index (χ2v) is 4.09. The largest absolute Gasteiger partial charge is 0.403 e. The highest BCUT2D eigenvalue weighted by Crippen LogP contribution is 2.14. The standard InChI is InChI=1S/C13H27N3/c1-4-6-7-8-9-10-13(12-14)16(15-3)11-5-2/h12H,3-11,14H2,1-2H3/b13-12-. The van der Waals surface area contributed by atoms with Crippen LogP contribution in [0, 0.1) is 0 Å². The van der Waals surface area contributed by atoms with Gasteiger partial charge in [-0.1, -0.05) is 39.5 Å². The number of rotatable bonds is 10. The maximum Gasteiger partial charge on any atom is 0.0522 e. The second kappa shape index (κ2) is 10.5. The smallest absolute Gasteiger partial charge is 0.0522 e. The molecule has 0 radical (unpaired) electrons. The first-order chi connectivity index (χ1) is 7.79. The molecule has 0 aromatic heterocycles. The molecule has 0 spiro atoms. The molecule has 3 heteroatoms. The Hall–Kier alpha value is -0.990. The topological polar surface area (TPSA) is 41.6 Å². The Morgan fingerprint density at radius 3 is 2.38 bits per heavy atom. The summed E-state index contributed by atoms with van der Waals surface area (Å²) in [5.41, 5.74) is 6.73. The molecule has 0 fully saturated rings. The van der Waals surface area contributed by atoms with Gasteiger partial charge in [-0.2, -0.15) is 5.10 Å². The molecule has 0 aliphatic heterocycles. The first-order valence-electron chi connectivity index (χ1n) is 6.45. The molecule has 0 aliphatic carbocycles. The lowest BCUT2D eigenvalue weighted by molar-refractivity contribution is 0.348. The molecular weight excluding hydrogens is 198 g/mol. The third-order valence-electron chi connectivity index (χ3n) is 2.67. The average molecular weight is 225 g/mol. The van der Waals surface area contributed by atoms with E-state index >= 15 is 0 Å². The fraction of sp³-hybridized carbons (Fsp3) is 0.769. The van der Waals surface area contributed by atoms with Gasteiger partial charge in [0.25, 0.3) is 0 Å². The molecule has 0 amide bonds. The Kier molecular flexibility index (Phi) is 9.87. The summed E-state index contributed by atoms with van der Waals surface area (Å²) >= 11 is 0. The molecule has 0 rings (SSSR count). The van der Waals surface area contributed by atoms with Gasteiger partial charge in [-0.25, -0.2) is 0 Å². The minimum atomic E-state index is 0.904. The van der Waals surface area contributed by atoms with Crippen molar-refractivity contribution < 1.29 is 0 Å². The molecule has 0 bridgehead atoms. The van der Waals surface area contributed by atoms with Crippen LogP contribution >= 0.6 is 0 Å². The van der Waals surface area contributed by atoms with Crippen molar-refractivity contribution in [3.05, 3.63) is 11.9 Å². The van der Waals surface area contributed by atoms with Crippen LogP contribution in [0.15, 0.2) is 17.0 Å². The van der Waals surface area contributed by atoms with Crippen molar-refractivity contribution in [3.63, 3.8) is 0 Å². The predicted molar refractivity (Wildman–Crippen MR) is 72.2 cm³/mol. The maximum absolute atomic E-state index is 5.63. The van der Waals surface area contributed by atoms with Gasteiger partial charge < -0.3 is 5.73 Å². The van der Waals surface area contributed by atoms with Gasteiger partial charge in [0.15, 0.2) is 0 Å². The molecule has 2 N–H and O–H groups in total. The van der Waals surface area contributed by atoms with E-state index in [0.717, 1.165) is 25.1 Å². The number of unbranched alkanes of at least 4 members (excludes halogenated alkanes) is 4. The maximum atomic E-state index is 5.63. The number of hydrogen-bond donors (Lipinski definition) is 1. The van der Waals surface area contributed by atoms with Crippen LogP contribution in [-0.4, -0.2) is 18.3 Å². The third kappa shape index (κ3) is 6.49. The van der Waals surface area contributed by atoms with E-state index in [4.69, 9.17) is 5.73 Å². The second-order valence-electron chi connectivity index (χ2n) is 4.09. The van der Waals surface area contributed by atoms with E-state index in [9.17, 15) is 0 Å². The average Bonchev–Trinajstić information content (AvgIpc) is 2.31. The SMILES string of the molecule is C=NN(CCC)/C(=C\N)CCCCCCC. The molecule has 0 heterocycles. The van der Waals surface area contributed by atoms with E-state index in [0.29, 0.717) is 0 Å². The number of allylic oxidation sites excluding steroid dienone is 1. The fourth-order valence-electron chi connectivity index (χ4n) is 1.73. The highest BCUT2D eigenvalue weighted by Gasteiger charge is 2.05. The van der Waals surface area contributed by atoms with Gasteiger partial charge in [-0.15, -0.1) is 0 Å². The minimum Gasteiger partial charge on any atom is -0.403 e. The number of nitrogens with zero attached hydrogens (tertiary/aromatic N) is 2. The van der Waals surface area contributed by atoms with Crippen molar-refractivity contribution in [1.82, 2.24) is 5.01 Å². The Balaban J connectivity index is 3.86. The Bertz CT molecular complexity index is 199. The van der Waals surface area contributed by atoms with E-state index in [2.05, 4.69) is 25.7 Å². The van der Waals surface area contributed by atoms with Gasteiger partial charge >= 0.3 is 0 Å². The Morgan fingerprint density at radius 1 is 1.19 bits per heavy atom. The van der Waals surface area contributed by atoms with Crippen LogP contribution in [0.4, 0.5) is 0 Å². The Morgan fingerprint density at radius 2 is 1.88 bits per heavy atom. The number of hydrazone groups is 1. The molecule has 0 saturated heterocycles. The van der Waals surface area contributed by atoms with Crippen LogP contribution in [-0.2, 0) is 0 Å². The zero-order valence-corrected chi connectivity index (χ0v) is 10.9. The number of nitrogens with two attached hydrogens (primary N) is 1. The van der Waals surface area contributed by atoms with Crippen LogP contribution in [0.2, 0.25) is 0 Å². The lowest BCUT2D eigenvalue weighted by atomic mass is 10.1. The van der Waals surface area contributed by atoms with E-state index in [1.54, 1.807) is 6.20 Å². The molecule has 0 aromatic rings. The van der Waals surface area contributed by atoms with Gasteiger partial charge in [0.1, 0.15) is 0 Å². The molecule has 16 heavy (non-hydrogen) atoms. The number of hydrogen-bond acceptors (Lipinski definition) is 3. The van der Waals surface area contributed by atoms with Gasteiger partial charge in [-0.3, -0.25) is 5.01 Å². The van der Waals surface area contributed by atoms with Crippen LogP contribution in [0.25, 0.3) is 0 Å². The third-order valence-corrected chi connectivity index (χ3v) is 2.67. The monoisotopic (exact) mass is 225 g/mol. The summed E-state index contributed by atoms with van der Waals surface area (Å²) in [6, 6.07) is 0. The van der Waals surface area contributed by atoms with Crippen molar-refractivity contribution in [2.24, 2.45) is 10.8 Å². The minimum absolute atomic E-state index is 0.904. The van der Waals surface area contributed by atoms with Gasteiger partial charge in [0.05, 0.1) is 5.70 Å². The molecule has 0 aliphatic rings. The van der Waals surface area contributed by atoms with Crippen molar-refractivity contribution in [2.45, 2.75) is 58.8 Å². The summed E-state index contributed by atoms with van der Waals surface area (Å²) in [6.07, 6.45) is 10.2. The van der Waals surface area contributed by atoms with E-state index in [-0.39, 0.29) is 0 Å². The quantitative estimate of drug-likeness (QED) is 0.351. The van der Waals surface area contributed by atoms with E-state index < -0.39 is 0 Å². The van der Waals surface area contributed by atoms with E-state index in [1.165, 1.54) is 32.1 Å². The zero-order chi connectivity index (χ0) is 12.2. The molecule has 0 atom stereocenters. The molecule has 3 nitrogen and oxygen atoms in total. The van der Waals surface area contributed by atoms with Crippen molar-refractivity contribution in [1.29, 1.82) is 0 Å². The van der Waals surface area contributed by atoms with Gasteiger partial charge in [-0.05, 0) is 19.3 Å². The fourth-order valence-corrected chi connectivity index (χ4v) is 1.73. The van der Waals surface area contributed by atoms with Crippen molar-refractivity contribution in [3.8, 4) is 0 Å². The van der Waals surface area contributed by atoms with Gasteiger partial charge in [0.2, 0.25) is 0 Å². The summed E-state index contributed by atoms with van der Waals surface area (Å²) in [5.74, 6) is 0. The molecule has 0 unspecified atom stereocenters. The first kappa shape index (κ1) is 15.0. The lowest BCUT2D eigenvalue weighted by Crippen LogP contribution is -2.18. The summed E-state index contributed by atoms with van der Waals surface area (Å²) in [6.45, 7) is 8.85. The van der Waals surface area contributed by atoms with Crippen LogP contribution < -0.4 is 5.73 Å². The van der Waals surface area contributed by atoms with Crippen molar-refractivity contribution in [2.75, 3.05) is 6.54 Å². The Labute approximate surface area is 100 Å². The summed E-state index contributed by atoms with van der Waals surface area (Å²) < 4.78 is 0. The predicted octanol–water partition coefficient (Wildman–Crippen LogP) is 3.47. The first-order valence-corrected chi connectivity index (χ1v) is 6.45.